The van der Waals surface area contributed by atoms with Crippen LogP contribution in [0.3, 0.4) is 0 Å². The number of carbonyl (C=O) groups is 1. The van der Waals surface area contributed by atoms with Gasteiger partial charge in [-0.2, -0.15) is 0 Å². The van der Waals surface area contributed by atoms with Crippen LogP contribution in [0.15, 0.2) is 29.3 Å². The van der Waals surface area contributed by atoms with Gasteiger partial charge in [0.1, 0.15) is 6.10 Å². The second-order valence-corrected chi connectivity index (χ2v) is 4.72. The van der Waals surface area contributed by atoms with Crippen LogP contribution >= 0.6 is 0 Å². The van der Waals surface area contributed by atoms with Crippen molar-refractivity contribution in [3.05, 3.63) is 34.9 Å². The second-order valence-electron chi connectivity index (χ2n) is 4.72. The van der Waals surface area contributed by atoms with Gasteiger partial charge in [0.15, 0.2) is 11.5 Å². The molecule has 0 radical (unpaired) electrons. The Bertz CT molecular complexity index is 576. The van der Waals surface area contributed by atoms with Crippen LogP contribution in [-0.4, -0.2) is 26.0 Å². The minimum Gasteiger partial charge on any atom is -0.463 e. The zero-order valence-corrected chi connectivity index (χ0v) is 11.5. The molecule has 2 aliphatic heterocycles. The van der Waals surface area contributed by atoms with Crippen LogP contribution in [0.2, 0.25) is 0 Å². The zero-order valence-electron chi connectivity index (χ0n) is 11.5. The molecule has 1 aromatic carbocycles. The Hall–Kier alpha value is -2.01. The van der Waals surface area contributed by atoms with Gasteiger partial charge in [-0.15, -0.1) is 0 Å². The molecule has 2 aliphatic rings. The van der Waals surface area contributed by atoms with Crippen LogP contribution < -0.4 is 9.47 Å². The molecular weight excluding hydrogens is 260 g/mol. The van der Waals surface area contributed by atoms with Crippen molar-refractivity contribution in [3.8, 4) is 11.5 Å². The Balaban J connectivity index is 1.91. The summed E-state index contributed by atoms with van der Waals surface area (Å²) in [4.78, 5) is 12.1. The van der Waals surface area contributed by atoms with Gasteiger partial charge in [-0.25, -0.2) is 4.79 Å². The first-order chi connectivity index (χ1) is 9.70. The van der Waals surface area contributed by atoms with Gasteiger partial charge in [-0.1, -0.05) is 6.07 Å². The summed E-state index contributed by atoms with van der Waals surface area (Å²) < 4.78 is 21.5. The van der Waals surface area contributed by atoms with Gasteiger partial charge >= 0.3 is 5.97 Å². The molecular formula is C15H16O5. The first-order valence-electron chi connectivity index (χ1n) is 6.58. The molecule has 1 aromatic rings. The van der Waals surface area contributed by atoms with Gasteiger partial charge in [0, 0.05) is 0 Å². The summed E-state index contributed by atoms with van der Waals surface area (Å²) in [6, 6.07) is 5.57. The van der Waals surface area contributed by atoms with Crippen LogP contribution in [0, 0.1) is 0 Å². The third-order valence-electron chi connectivity index (χ3n) is 3.38. The highest BCUT2D eigenvalue weighted by atomic mass is 16.7. The predicted octanol–water partition coefficient (Wildman–Crippen LogP) is 2.37. The van der Waals surface area contributed by atoms with Gasteiger partial charge < -0.3 is 18.9 Å². The Morgan fingerprint density at radius 2 is 2.15 bits per heavy atom. The largest absolute Gasteiger partial charge is 0.463 e. The molecule has 3 rings (SSSR count). The fourth-order valence-corrected chi connectivity index (χ4v) is 2.42. The topological polar surface area (TPSA) is 54.0 Å². The molecule has 0 aliphatic carbocycles. The van der Waals surface area contributed by atoms with E-state index >= 15 is 0 Å². The molecule has 5 nitrogen and oxygen atoms in total. The van der Waals surface area contributed by atoms with Crippen LogP contribution in [0.5, 0.6) is 11.5 Å². The van der Waals surface area contributed by atoms with E-state index in [2.05, 4.69) is 0 Å². The molecule has 0 aromatic heterocycles. The van der Waals surface area contributed by atoms with Crippen molar-refractivity contribution in [3.63, 3.8) is 0 Å². The number of hydrogen-bond donors (Lipinski definition) is 0. The standard InChI is InChI=1S/C15H16O5/c1-3-17-15(16)13-9(2)7-18-14(13)10-4-5-11-12(6-10)20-8-19-11/h4-6,14H,3,7-8H2,1-2H3. The van der Waals surface area contributed by atoms with Crippen molar-refractivity contribution in [1.82, 2.24) is 0 Å². The Morgan fingerprint density at radius 1 is 1.35 bits per heavy atom. The van der Waals surface area contributed by atoms with E-state index in [1.807, 2.05) is 25.1 Å². The third-order valence-corrected chi connectivity index (χ3v) is 3.38. The van der Waals surface area contributed by atoms with Gasteiger partial charge in [-0.05, 0) is 37.1 Å². The minimum absolute atomic E-state index is 0.226. The van der Waals surface area contributed by atoms with Crippen molar-refractivity contribution in [2.45, 2.75) is 20.0 Å². The van der Waals surface area contributed by atoms with E-state index in [-0.39, 0.29) is 12.8 Å². The summed E-state index contributed by atoms with van der Waals surface area (Å²) in [6.07, 6.45) is -0.399. The number of benzene rings is 1. The first-order valence-corrected chi connectivity index (χ1v) is 6.58. The van der Waals surface area contributed by atoms with E-state index in [0.29, 0.717) is 30.3 Å². The highest BCUT2D eigenvalue weighted by molar-refractivity contribution is 5.91. The van der Waals surface area contributed by atoms with E-state index in [9.17, 15) is 4.79 Å². The first kappa shape index (κ1) is 13.0. The average molecular weight is 276 g/mol. The molecule has 0 bridgehead atoms. The maximum Gasteiger partial charge on any atom is 0.337 e. The highest BCUT2D eigenvalue weighted by Crippen LogP contribution is 2.40. The predicted molar refractivity (Wildman–Crippen MR) is 70.6 cm³/mol. The molecule has 106 valence electrons. The number of fused-ring (bicyclic) bond motifs is 1. The third kappa shape index (κ3) is 2.14. The highest BCUT2D eigenvalue weighted by Gasteiger charge is 2.32. The maximum atomic E-state index is 12.1. The molecule has 0 fully saturated rings. The lowest BCUT2D eigenvalue weighted by Crippen LogP contribution is -2.13. The molecule has 0 spiro atoms. The van der Waals surface area contributed by atoms with Crippen LogP contribution in [0.1, 0.15) is 25.5 Å². The lowest BCUT2D eigenvalue weighted by molar-refractivity contribution is -0.139. The van der Waals surface area contributed by atoms with Crippen molar-refractivity contribution in [1.29, 1.82) is 0 Å². The van der Waals surface area contributed by atoms with E-state index in [1.165, 1.54) is 0 Å². The average Bonchev–Trinajstić information content (AvgIpc) is 3.04. The quantitative estimate of drug-likeness (QED) is 0.793. The molecule has 20 heavy (non-hydrogen) atoms. The number of esters is 1. The monoisotopic (exact) mass is 276 g/mol. The van der Waals surface area contributed by atoms with E-state index < -0.39 is 6.10 Å². The minimum atomic E-state index is -0.399. The fourth-order valence-electron chi connectivity index (χ4n) is 2.42. The summed E-state index contributed by atoms with van der Waals surface area (Å²) in [5.41, 5.74) is 2.37. The van der Waals surface area contributed by atoms with E-state index in [4.69, 9.17) is 18.9 Å². The molecule has 0 amide bonds. The lowest BCUT2D eigenvalue weighted by atomic mass is 9.99. The summed E-state index contributed by atoms with van der Waals surface area (Å²) >= 11 is 0. The molecule has 5 heteroatoms. The summed E-state index contributed by atoms with van der Waals surface area (Å²) in [6.45, 7) is 4.69. The normalized spacial score (nSPS) is 20.4. The maximum absolute atomic E-state index is 12.1. The second kappa shape index (κ2) is 5.17. The molecule has 0 N–H and O–H groups in total. The number of hydrogen-bond acceptors (Lipinski definition) is 5. The molecule has 0 saturated heterocycles. The summed E-state index contributed by atoms with van der Waals surface area (Å²) in [5, 5.41) is 0. The van der Waals surface area contributed by atoms with Crippen LogP contribution in [0.25, 0.3) is 0 Å². The Labute approximate surface area is 117 Å². The van der Waals surface area contributed by atoms with Gasteiger partial charge in [0.05, 0.1) is 18.8 Å². The molecule has 2 heterocycles. The Morgan fingerprint density at radius 3 is 2.95 bits per heavy atom. The number of carbonyl (C=O) groups excluding carboxylic acids is 1. The zero-order chi connectivity index (χ0) is 14.1. The van der Waals surface area contributed by atoms with Gasteiger partial charge in [0.2, 0.25) is 6.79 Å². The van der Waals surface area contributed by atoms with Crippen LogP contribution in [0.4, 0.5) is 0 Å². The summed E-state index contributed by atoms with van der Waals surface area (Å²) in [7, 11) is 0. The molecule has 1 atom stereocenters. The van der Waals surface area contributed by atoms with Crippen molar-refractivity contribution >= 4 is 5.97 Å². The van der Waals surface area contributed by atoms with Gasteiger partial charge in [0.25, 0.3) is 0 Å². The van der Waals surface area contributed by atoms with Crippen molar-refractivity contribution in [2.75, 3.05) is 20.0 Å². The fraction of sp³-hybridized carbons (Fsp3) is 0.400. The number of ether oxygens (including phenoxy) is 4. The smallest absolute Gasteiger partial charge is 0.337 e. The Kier molecular flexibility index (Phi) is 3.36. The lowest BCUT2D eigenvalue weighted by Gasteiger charge is -2.14. The summed E-state index contributed by atoms with van der Waals surface area (Å²) in [5.74, 6) is 1.08. The molecule has 0 saturated carbocycles. The van der Waals surface area contributed by atoms with Crippen molar-refractivity contribution < 1.29 is 23.7 Å². The van der Waals surface area contributed by atoms with Crippen LogP contribution in [-0.2, 0) is 14.3 Å². The molecule has 1 unspecified atom stereocenters. The van der Waals surface area contributed by atoms with Gasteiger partial charge in [-0.3, -0.25) is 0 Å². The van der Waals surface area contributed by atoms with E-state index in [1.54, 1.807) is 6.92 Å². The SMILES string of the molecule is CCOC(=O)C1=C(C)COC1c1ccc2c(c1)OCO2. The van der Waals surface area contributed by atoms with E-state index in [0.717, 1.165) is 11.1 Å². The number of rotatable bonds is 3. The van der Waals surface area contributed by atoms with Crippen molar-refractivity contribution in [2.24, 2.45) is 0 Å².